The summed E-state index contributed by atoms with van der Waals surface area (Å²) >= 11 is 0. The van der Waals surface area contributed by atoms with Crippen LogP contribution in [0.3, 0.4) is 0 Å². The van der Waals surface area contributed by atoms with Gasteiger partial charge < -0.3 is 25.2 Å². The Hall–Kier alpha value is -1.52. The number of ether oxygens (including phenoxy) is 2. The minimum absolute atomic E-state index is 0.167. The van der Waals surface area contributed by atoms with Gasteiger partial charge in [0.1, 0.15) is 12.6 Å². The lowest BCUT2D eigenvalue weighted by molar-refractivity contribution is -0.161. The fourth-order valence-electron chi connectivity index (χ4n) is 4.95. The van der Waals surface area contributed by atoms with Crippen LogP contribution in [0.5, 0.6) is 0 Å². The number of nitrogens with two attached hydrogens (primary N) is 1. The van der Waals surface area contributed by atoms with E-state index in [9.17, 15) is 23.8 Å². The Morgan fingerprint density at radius 1 is 0.587 bits per heavy atom. The molecule has 0 saturated heterocycles. The molecule has 0 radical (unpaired) electrons. The predicted octanol–water partition coefficient (Wildman–Crippen LogP) is 8.39. The van der Waals surface area contributed by atoms with E-state index in [1.54, 1.807) is 0 Å². The van der Waals surface area contributed by atoms with Crippen LogP contribution < -0.4 is 5.73 Å². The van der Waals surface area contributed by atoms with E-state index in [4.69, 9.17) is 24.8 Å². The van der Waals surface area contributed by atoms with Crippen molar-refractivity contribution in [1.29, 1.82) is 0 Å². The molecular weight excluding hydrogens is 613 g/mol. The van der Waals surface area contributed by atoms with Crippen molar-refractivity contribution in [2.75, 3.05) is 19.8 Å². The second kappa shape index (κ2) is 30.8. The first-order chi connectivity index (χ1) is 22.1. The van der Waals surface area contributed by atoms with Gasteiger partial charge in [-0.15, -0.1) is 0 Å². The van der Waals surface area contributed by atoms with Gasteiger partial charge in [0.2, 0.25) is 0 Å². The van der Waals surface area contributed by atoms with Crippen LogP contribution in [0.15, 0.2) is 0 Å². The fourth-order valence-corrected chi connectivity index (χ4v) is 5.72. The maximum absolute atomic E-state index is 12.4. The molecule has 3 atom stereocenters. The molecule has 0 rings (SSSR count). The molecule has 12 heteroatoms. The quantitative estimate of drug-likeness (QED) is 0.0339. The zero-order valence-corrected chi connectivity index (χ0v) is 29.8. The number of hydrogen-bond donors (Lipinski definition) is 3. The first kappa shape index (κ1) is 44.5. The lowest BCUT2D eigenvalue weighted by Gasteiger charge is -2.20. The minimum Gasteiger partial charge on any atom is -0.480 e. The van der Waals surface area contributed by atoms with E-state index < -0.39 is 51.1 Å². The Morgan fingerprint density at radius 3 is 1.41 bits per heavy atom. The zero-order valence-electron chi connectivity index (χ0n) is 28.9. The molecule has 11 nitrogen and oxygen atoms in total. The van der Waals surface area contributed by atoms with Gasteiger partial charge in [-0.2, -0.15) is 0 Å². The molecule has 3 unspecified atom stereocenters. The van der Waals surface area contributed by atoms with E-state index in [0.717, 1.165) is 32.1 Å². The SMILES string of the molecule is CCCCCCCCCCCCCCCCCCCCCC(=O)OC(COC(=O)CCCCC)COP(=O)(O)OCC(N)C(=O)O. The van der Waals surface area contributed by atoms with Crippen LogP contribution in [-0.2, 0) is 37.5 Å². The molecule has 0 aromatic heterocycles. The zero-order chi connectivity index (χ0) is 34.3. The van der Waals surface area contributed by atoms with Crippen molar-refractivity contribution in [3.8, 4) is 0 Å². The number of carboxylic acid groups (broad SMARTS) is 1. The lowest BCUT2D eigenvalue weighted by atomic mass is 10.0. The summed E-state index contributed by atoms with van der Waals surface area (Å²) in [6.45, 7) is 2.60. The number of esters is 2. The molecule has 0 heterocycles. The number of unbranched alkanes of at least 4 members (excludes halogenated alkanes) is 20. The van der Waals surface area contributed by atoms with Gasteiger partial charge in [0.15, 0.2) is 6.10 Å². The van der Waals surface area contributed by atoms with Gasteiger partial charge in [-0.25, -0.2) is 4.57 Å². The van der Waals surface area contributed by atoms with Crippen LogP contribution in [0.25, 0.3) is 0 Å². The highest BCUT2D eigenvalue weighted by atomic mass is 31.2. The highest BCUT2D eigenvalue weighted by molar-refractivity contribution is 7.47. The van der Waals surface area contributed by atoms with Crippen LogP contribution in [0.2, 0.25) is 0 Å². The van der Waals surface area contributed by atoms with E-state index in [2.05, 4.69) is 11.4 Å². The fraction of sp³-hybridized carbons (Fsp3) is 0.912. The molecule has 0 aliphatic carbocycles. The van der Waals surface area contributed by atoms with Crippen molar-refractivity contribution in [2.45, 2.75) is 180 Å². The van der Waals surface area contributed by atoms with Crippen LogP contribution in [0, 0.1) is 0 Å². The second-order valence-corrected chi connectivity index (χ2v) is 13.8. The number of aliphatic carboxylic acids is 1. The van der Waals surface area contributed by atoms with E-state index in [1.165, 1.54) is 96.3 Å². The standard InChI is InChI=1S/C34H66NO10P/c1-3-5-7-8-9-10-11-12-13-14-15-16-17-18-19-20-21-22-24-26-33(37)45-30(27-42-32(36)25-23-6-4-2)28-43-46(40,41)44-29-31(35)34(38)39/h30-31H,3-29,35H2,1-2H3,(H,38,39)(H,40,41). The first-order valence-electron chi connectivity index (χ1n) is 18.1. The third-order valence-electron chi connectivity index (χ3n) is 7.86. The maximum Gasteiger partial charge on any atom is 0.472 e. The van der Waals surface area contributed by atoms with Gasteiger partial charge >= 0.3 is 25.7 Å². The third kappa shape index (κ3) is 29.9. The number of carbonyl (C=O) groups is 3. The number of hydrogen-bond acceptors (Lipinski definition) is 9. The van der Waals surface area contributed by atoms with Crippen molar-refractivity contribution < 1.29 is 47.5 Å². The van der Waals surface area contributed by atoms with Crippen LogP contribution in [0.4, 0.5) is 0 Å². The van der Waals surface area contributed by atoms with Crippen molar-refractivity contribution in [3.05, 3.63) is 0 Å². The summed E-state index contributed by atoms with van der Waals surface area (Å²) in [5, 5.41) is 8.80. The molecule has 0 saturated carbocycles. The summed E-state index contributed by atoms with van der Waals surface area (Å²) < 4.78 is 32.2. The molecule has 0 aliphatic rings. The average Bonchev–Trinajstić information content (AvgIpc) is 3.02. The largest absolute Gasteiger partial charge is 0.480 e. The highest BCUT2D eigenvalue weighted by Crippen LogP contribution is 2.43. The summed E-state index contributed by atoms with van der Waals surface area (Å²) in [6, 6.07) is -1.51. The smallest absolute Gasteiger partial charge is 0.472 e. The van der Waals surface area contributed by atoms with Gasteiger partial charge in [-0.1, -0.05) is 142 Å². The van der Waals surface area contributed by atoms with Crippen LogP contribution >= 0.6 is 7.82 Å². The number of phosphoric acid groups is 1. The van der Waals surface area contributed by atoms with E-state index in [0.29, 0.717) is 12.8 Å². The molecule has 46 heavy (non-hydrogen) atoms. The molecule has 0 aromatic carbocycles. The molecular formula is C34H66NO10P. The highest BCUT2D eigenvalue weighted by Gasteiger charge is 2.28. The van der Waals surface area contributed by atoms with Crippen LogP contribution in [0.1, 0.15) is 168 Å². The van der Waals surface area contributed by atoms with Gasteiger partial charge in [0, 0.05) is 12.8 Å². The summed E-state index contributed by atoms with van der Waals surface area (Å²) in [6.07, 6.45) is 25.6. The Bertz CT molecular complexity index is 813. The van der Waals surface area contributed by atoms with E-state index >= 15 is 0 Å². The summed E-state index contributed by atoms with van der Waals surface area (Å²) in [4.78, 5) is 45.1. The van der Waals surface area contributed by atoms with Crippen LogP contribution in [-0.4, -0.2) is 59.9 Å². The summed E-state index contributed by atoms with van der Waals surface area (Å²) in [5.74, 6) is -2.40. The molecule has 272 valence electrons. The Balaban J connectivity index is 4.11. The number of carboxylic acids is 1. The number of rotatable bonds is 34. The van der Waals surface area contributed by atoms with Crippen molar-refractivity contribution in [3.63, 3.8) is 0 Å². The van der Waals surface area contributed by atoms with E-state index in [1.807, 2.05) is 6.92 Å². The molecule has 0 fully saturated rings. The molecule has 0 amide bonds. The normalized spacial score (nSPS) is 14.0. The topological polar surface area (TPSA) is 172 Å². The summed E-state index contributed by atoms with van der Waals surface area (Å²) in [7, 11) is -4.69. The van der Waals surface area contributed by atoms with Gasteiger partial charge in [-0.05, 0) is 12.8 Å². The minimum atomic E-state index is -4.69. The van der Waals surface area contributed by atoms with Gasteiger partial charge in [0.05, 0.1) is 13.2 Å². The number of carbonyl (C=O) groups excluding carboxylic acids is 2. The first-order valence-corrected chi connectivity index (χ1v) is 19.6. The van der Waals surface area contributed by atoms with Gasteiger partial charge in [-0.3, -0.25) is 23.4 Å². The van der Waals surface area contributed by atoms with Crippen molar-refractivity contribution in [1.82, 2.24) is 0 Å². The molecule has 0 aromatic rings. The third-order valence-corrected chi connectivity index (χ3v) is 8.81. The monoisotopic (exact) mass is 679 g/mol. The molecule has 4 N–H and O–H groups in total. The maximum atomic E-state index is 12.4. The number of phosphoric ester groups is 1. The molecule has 0 bridgehead atoms. The molecule has 0 aliphatic heterocycles. The van der Waals surface area contributed by atoms with Crippen molar-refractivity contribution in [2.24, 2.45) is 5.73 Å². The average molecular weight is 680 g/mol. The van der Waals surface area contributed by atoms with Gasteiger partial charge in [0.25, 0.3) is 0 Å². The lowest BCUT2D eigenvalue weighted by Crippen LogP contribution is -2.34. The van der Waals surface area contributed by atoms with E-state index in [-0.39, 0.29) is 19.4 Å². The Kier molecular flexibility index (Phi) is 29.8. The Morgan fingerprint density at radius 2 is 0.957 bits per heavy atom. The predicted molar refractivity (Wildman–Crippen MR) is 180 cm³/mol. The molecule has 0 spiro atoms. The second-order valence-electron chi connectivity index (χ2n) is 12.4. The van der Waals surface area contributed by atoms with Crippen molar-refractivity contribution >= 4 is 25.7 Å². The summed E-state index contributed by atoms with van der Waals surface area (Å²) in [5.41, 5.74) is 5.28. The Labute approximate surface area is 278 Å².